The first-order valence-corrected chi connectivity index (χ1v) is 10.7. The Morgan fingerprint density at radius 1 is 1.07 bits per heavy atom. The summed E-state index contributed by atoms with van der Waals surface area (Å²) >= 11 is 5.64. The summed E-state index contributed by atoms with van der Waals surface area (Å²) < 4.78 is 4.43. The lowest BCUT2D eigenvalue weighted by Crippen LogP contribution is -2.41. The highest BCUT2D eigenvalue weighted by Gasteiger charge is 2.27. The zero-order chi connectivity index (χ0) is 19.3. The number of likely N-dealkylation sites (tertiary alicyclic amines) is 1. The predicted molar refractivity (Wildman–Crippen MR) is 110 cm³/mol. The zero-order valence-corrected chi connectivity index (χ0v) is 17.0. The molecule has 0 spiro atoms. The van der Waals surface area contributed by atoms with Crippen LogP contribution in [0, 0.1) is 10.7 Å². The Morgan fingerprint density at radius 3 is 2.64 bits per heavy atom. The van der Waals surface area contributed by atoms with E-state index in [0.29, 0.717) is 17.5 Å². The van der Waals surface area contributed by atoms with Gasteiger partial charge in [0.1, 0.15) is 0 Å². The Morgan fingerprint density at radius 2 is 1.86 bits per heavy atom. The lowest BCUT2D eigenvalue weighted by Gasteiger charge is -2.31. The molecule has 28 heavy (non-hydrogen) atoms. The van der Waals surface area contributed by atoms with Gasteiger partial charge in [-0.2, -0.15) is 0 Å². The molecule has 1 atom stereocenters. The van der Waals surface area contributed by atoms with Crippen molar-refractivity contribution in [3.8, 4) is 0 Å². The Kier molecular flexibility index (Phi) is 6.17. The fourth-order valence-electron chi connectivity index (χ4n) is 4.28. The molecule has 8 heteroatoms. The first-order chi connectivity index (χ1) is 13.7. The molecular formula is C20H28N6OS. The molecule has 1 N–H and O–H groups in total. The standard InChI is InChI=1S/C20H28N6OS/c27-19(21-17-9-3-1-4-10-17)16-8-7-13-24(14-16)15-25-20(28)26(23-22-25)18-11-5-2-6-12-18/h1,3-4,9-10,16,18H,2,5-8,11-15H2,(H,21,27)/t16-/m1/s1. The topological polar surface area (TPSA) is 68.0 Å². The van der Waals surface area contributed by atoms with Gasteiger partial charge in [-0.25, -0.2) is 9.36 Å². The van der Waals surface area contributed by atoms with E-state index in [0.717, 1.165) is 44.5 Å². The minimum absolute atomic E-state index is 0.0171. The number of hydrogen-bond donors (Lipinski definition) is 1. The molecule has 0 unspecified atom stereocenters. The number of hydrogen-bond acceptors (Lipinski definition) is 5. The van der Waals surface area contributed by atoms with Crippen molar-refractivity contribution in [3.05, 3.63) is 35.1 Å². The van der Waals surface area contributed by atoms with Crippen molar-refractivity contribution in [1.29, 1.82) is 0 Å². The number of nitrogens with zero attached hydrogens (tertiary/aromatic N) is 5. The lowest BCUT2D eigenvalue weighted by molar-refractivity contribution is -0.121. The largest absolute Gasteiger partial charge is 0.326 e. The maximum atomic E-state index is 12.6. The Labute approximate surface area is 170 Å². The number of carbonyl (C=O) groups is 1. The Hall–Kier alpha value is -2.06. The molecule has 0 bridgehead atoms. The van der Waals surface area contributed by atoms with E-state index in [1.165, 1.54) is 19.3 Å². The number of para-hydroxylation sites is 1. The Bertz CT molecular complexity index is 842. The molecule has 1 saturated heterocycles. The summed E-state index contributed by atoms with van der Waals surface area (Å²) in [4.78, 5) is 14.9. The van der Waals surface area contributed by atoms with Crippen LogP contribution in [0.15, 0.2) is 30.3 Å². The monoisotopic (exact) mass is 400 g/mol. The third kappa shape index (κ3) is 4.50. The van der Waals surface area contributed by atoms with E-state index in [1.807, 2.05) is 35.0 Å². The van der Waals surface area contributed by atoms with Gasteiger partial charge in [0.25, 0.3) is 0 Å². The fourth-order valence-corrected chi connectivity index (χ4v) is 4.56. The van der Waals surface area contributed by atoms with Crippen molar-refractivity contribution < 1.29 is 4.79 Å². The van der Waals surface area contributed by atoms with Crippen molar-refractivity contribution in [1.82, 2.24) is 24.7 Å². The van der Waals surface area contributed by atoms with Crippen LogP contribution in [0.4, 0.5) is 5.69 Å². The van der Waals surface area contributed by atoms with Crippen LogP contribution in [0.2, 0.25) is 0 Å². The highest BCUT2D eigenvalue weighted by atomic mass is 32.1. The quantitative estimate of drug-likeness (QED) is 0.777. The second-order valence-corrected chi connectivity index (χ2v) is 8.28. The molecule has 2 aromatic rings. The van der Waals surface area contributed by atoms with E-state index in [-0.39, 0.29) is 11.8 Å². The van der Waals surface area contributed by atoms with Crippen LogP contribution in [-0.2, 0) is 11.5 Å². The molecule has 4 rings (SSSR count). The molecule has 1 aromatic carbocycles. The molecule has 2 aliphatic rings. The molecule has 0 radical (unpaired) electrons. The van der Waals surface area contributed by atoms with Crippen LogP contribution in [0.5, 0.6) is 0 Å². The van der Waals surface area contributed by atoms with E-state index in [2.05, 4.69) is 20.6 Å². The molecule has 7 nitrogen and oxygen atoms in total. The van der Waals surface area contributed by atoms with Crippen molar-refractivity contribution in [2.45, 2.75) is 57.7 Å². The number of amides is 1. The fraction of sp³-hybridized carbons (Fsp3) is 0.600. The van der Waals surface area contributed by atoms with Gasteiger partial charge in [0.05, 0.1) is 18.6 Å². The molecule has 2 fully saturated rings. The highest BCUT2D eigenvalue weighted by molar-refractivity contribution is 7.71. The third-order valence-corrected chi connectivity index (χ3v) is 6.23. The molecule has 1 amide bonds. The van der Waals surface area contributed by atoms with Gasteiger partial charge in [-0.15, -0.1) is 0 Å². The molecule has 1 saturated carbocycles. The van der Waals surface area contributed by atoms with Crippen LogP contribution in [-0.4, -0.2) is 43.7 Å². The maximum Gasteiger partial charge on any atom is 0.228 e. The minimum Gasteiger partial charge on any atom is -0.326 e. The van der Waals surface area contributed by atoms with E-state index >= 15 is 0 Å². The number of tetrazole rings is 1. The highest BCUT2D eigenvalue weighted by Crippen LogP contribution is 2.27. The zero-order valence-electron chi connectivity index (χ0n) is 16.2. The van der Waals surface area contributed by atoms with Gasteiger partial charge < -0.3 is 5.32 Å². The van der Waals surface area contributed by atoms with Crippen molar-refractivity contribution in [2.75, 3.05) is 18.4 Å². The van der Waals surface area contributed by atoms with Crippen LogP contribution >= 0.6 is 12.2 Å². The van der Waals surface area contributed by atoms with Crippen molar-refractivity contribution in [3.63, 3.8) is 0 Å². The number of carbonyl (C=O) groups excluding carboxylic acids is 1. The summed E-state index contributed by atoms with van der Waals surface area (Å²) in [6, 6.07) is 10.0. The van der Waals surface area contributed by atoms with Crippen LogP contribution in [0.1, 0.15) is 51.0 Å². The van der Waals surface area contributed by atoms with Gasteiger partial charge in [0, 0.05) is 12.2 Å². The predicted octanol–water partition coefficient (Wildman–Crippen LogP) is 3.62. The molecule has 1 aromatic heterocycles. The molecule has 150 valence electrons. The molecule has 1 aliphatic carbocycles. The van der Waals surface area contributed by atoms with Crippen LogP contribution < -0.4 is 5.32 Å². The van der Waals surface area contributed by atoms with E-state index < -0.39 is 0 Å². The molecule has 1 aliphatic heterocycles. The van der Waals surface area contributed by atoms with Gasteiger partial charge in [0.2, 0.25) is 10.7 Å². The number of piperidine rings is 1. The summed E-state index contributed by atoms with van der Waals surface area (Å²) in [6.45, 7) is 2.27. The second kappa shape index (κ2) is 8.96. The summed E-state index contributed by atoms with van der Waals surface area (Å²) in [5.74, 6) is 0.0712. The van der Waals surface area contributed by atoms with Crippen LogP contribution in [0.3, 0.4) is 0 Å². The second-order valence-electron chi connectivity index (χ2n) is 7.91. The number of anilines is 1. The third-order valence-electron chi connectivity index (χ3n) is 5.83. The average molecular weight is 401 g/mol. The maximum absolute atomic E-state index is 12.6. The Balaban J connectivity index is 1.37. The SMILES string of the molecule is O=C(Nc1ccccc1)[C@@H]1CCCN(Cn2nnn(C3CCCCC3)c2=S)C1. The first kappa shape index (κ1) is 19.3. The number of nitrogens with one attached hydrogen (secondary N) is 1. The van der Waals surface area contributed by atoms with Crippen molar-refractivity contribution >= 4 is 23.8 Å². The lowest BCUT2D eigenvalue weighted by atomic mass is 9.96. The van der Waals surface area contributed by atoms with Gasteiger partial charge in [-0.05, 0) is 67.0 Å². The van der Waals surface area contributed by atoms with Crippen molar-refractivity contribution in [2.24, 2.45) is 5.92 Å². The number of rotatable bonds is 5. The van der Waals surface area contributed by atoms with Gasteiger partial charge >= 0.3 is 0 Å². The normalized spacial score (nSPS) is 21.5. The van der Waals surface area contributed by atoms with Gasteiger partial charge in [-0.1, -0.05) is 37.5 Å². The summed E-state index contributed by atoms with van der Waals surface area (Å²) in [5.41, 5.74) is 0.849. The summed E-state index contributed by atoms with van der Waals surface area (Å²) in [5, 5.41) is 11.7. The van der Waals surface area contributed by atoms with E-state index in [9.17, 15) is 4.79 Å². The van der Waals surface area contributed by atoms with E-state index in [1.54, 1.807) is 4.68 Å². The number of benzene rings is 1. The first-order valence-electron chi connectivity index (χ1n) is 10.3. The smallest absolute Gasteiger partial charge is 0.228 e. The molecular weight excluding hydrogens is 372 g/mol. The summed E-state index contributed by atoms with van der Waals surface area (Å²) in [7, 11) is 0. The van der Waals surface area contributed by atoms with Crippen LogP contribution in [0.25, 0.3) is 0 Å². The average Bonchev–Trinajstić information content (AvgIpc) is 3.10. The van der Waals surface area contributed by atoms with Gasteiger partial charge in [-0.3, -0.25) is 9.69 Å². The van der Waals surface area contributed by atoms with E-state index in [4.69, 9.17) is 12.2 Å². The molecule has 2 heterocycles. The summed E-state index contributed by atoms with van der Waals surface area (Å²) in [6.07, 6.45) is 7.97. The van der Waals surface area contributed by atoms with Gasteiger partial charge in [0.15, 0.2) is 0 Å². The minimum atomic E-state index is -0.0171. The number of aromatic nitrogens is 4.